The van der Waals surface area contributed by atoms with Crippen LogP contribution in [0.5, 0.6) is 0 Å². The van der Waals surface area contributed by atoms with Crippen LogP contribution in [0.1, 0.15) is 28.9 Å². The molecular weight excluding hydrogens is 487 g/mol. The first-order valence-electron chi connectivity index (χ1n) is 12.3. The van der Waals surface area contributed by atoms with Crippen LogP contribution < -0.4 is 10.6 Å². The predicted molar refractivity (Wildman–Crippen MR) is 140 cm³/mol. The van der Waals surface area contributed by atoms with Crippen LogP contribution in [0.4, 0.5) is 10.3 Å². The number of nitrogens with one attached hydrogen (secondary N) is 2. The molecule has 1 aliphatic heterocycles. The van der Waals surface area contributed by atoms with E-state index in [1.165, 1.54) is 12.1 Å². The first-order valence-corrected chi connectivity index (χ1v) is 12.3. The lowest BCUT2D eigenvalue weighted by atomic mass is 10.0. The fourth-order valence-electron chi connectivity index (χ4n) is 4.60. The second-order valence-corrected chi connectivity index (χ2v) is 9.51. The minimum Gasteiger partial charge on any atom is -0.380 e. The maximum Gasteiger partial charge on any atom is 0.253 e. The number of nitrogens with zero attached hydrogens (tertiary/aromatic N) is 4. The van der Waals surface area contributed by atoms with E-state index in [-0.39, 0.29) is 35.5 Å². The molecule has 0 spiro atoms. The molecule has 4 heterocycles. The highest BCUT2D eigenvalue weighted by atomic mass is 19.1. The highest BCUT2D eigenvalue weighted by molar-refractivity contribution is 6.08. The Morgan fingerprint density at radius 1 is 1.11 bits per heavy atom. The summed E-state index contributed by atoms with van der Waals surface area (Å²) >= 11 is 0. The maximum atomic E-state index is 13.7. The van der Waals surface area contributed by atoms with Crippen molar-refractivity contribution in [1.29, 1.82) is 0 Å². The molecule has 1 fully saturated rings. The molecule has 0 aliphatic carbocycles. The van der Waals surface area contributed by atoms with E-state index < -0.39 is 0 Å². The molecule has 1 aliphatic rings. The van der Waals surface area contributed by atoms with Gasteiger partial charge >= 0.3 is 0 Å². The molecule has 1 saturated heterocycles. The van der Waals surface area contributed by atoms with Gasteiger partial charge in [-0.15, -0.1) is 5.10 Å². The van der Waals surface area contributed by atoms with Crippen molar-refractivity contribution in [2.75, 3.05) is 18.5 Å². The number of halogens is 1. The van der Waals surface area contributed by atoms with Crippen LogP contribution in [0.2, 0.25) is 0 Å². The van der Waals surface area contributed by atoms with Gasteiger partial charge in [-0.25, -0.2) is 8.91 Å². The standard InChI is InChI=1S/C28H25FN6O3/c1-16(17-4-3-5-21(29)10-17)30-27(37)23-13-34(2)24-7-6-18(11-22(23)24)19-8-9-35-25(12-19)31-28(33-35)32-26(36)20-14-38-15-20/h3-13,16,20H,14-15H2,1-2H3,(H,30,37)(H,32,33,36)/t16-/m0/s1. The van der Waals surface area contributed by atoms with Gasteiger partial charge in [0.15, 0.2) is 5.65 Å². The number of anilines is 1. The summed E-state index contributed by atoms with van der Waals surface area (Å²) in [4.78, 5) is 29.9. The lowest BCUT2D eigenvalue weighted by Crippen LogP contribution is -2.38. The molecule has 1 atom stereocenters. The van der Waals surface area contributed by atoms with Crippen molar-refractivity contribution in [1.82, 2.24) is 24.5 Å². The number of fused-ring (bicyclic) bond motifs is 2. The highest BCUT2D eigenvalue weighted by Crippen LogP contribution is 2.29. The van der Waals surface area contributed by atoms with Gasteiger partial charge in [-0.2, -0.15) is 4.98 Å². The third kappa shape index (κ3) is 4.39. The smallest absolute Gasteiger partial charge is 0.253 e. The number of carbonyl (C=O) groups excluding carboxylic acids is 2. The second kappa shape index (κ2) is 9.38. The zero-order valence-electron chi connectivity index (χ0n) is 20.8. The molecule has 2 N–H and O–H groups in total. The van der Waals surface area contributed by atoms with Crippen molar-refractivity contribution in [3.8, 4) is 11.1 Å². The largest absolute Gasteiger partial charge is 0.380 e. The minimum absolute atomic E-state index is 0.153. The van der Waals surface area contributed by atoms with Gasteiger partial charge in [-0.1, -0.05) is 18.2 Å². The van der Waals surface area contributed by atoms with Crippen LogP contribution in [-0.2, 0) is 16.6 Å². The fraction of sp³-hybridized carbons (Fsp3) is 0.214. The summed E-state index contributed by atoms with van der Waals surface area (Å²) < 4.78 is 22.2. The van der Waals surface area contributed by atoms with Crippen LogP contribution in [0.3, 0.4) is 0 Å². The number of benzene rings is 2. The van der Waals surface area contributed by atoms with Gasteiger partial charge in [0.1, 0.15) is 5.82 Å². The summed E-state index contributed by atoms with van der Waals surface area (Å²) in [6.07, 6.45) is 3.58. The van der Waals surface area contributed by atoms with Gasteiger partial charge in [0.2, 0.25) is 11.9 Å². The van der Waals surface area contributed by atoms with Crippen molar-refractivity contribution in [3.63, 3.8) is 0 Å². The number of amides is 2. The van der Waals surface area contributed by atoms with Crippen LogP contribution in [0.25, 0.3) is 27.7 Å². The first-order chi connectivity index (χ1) is 18.4. The molecule has 192 valence electrons. The number of aryl methyl sites for hydroxylation is 1. The number of carbonyl (C=O) groups is 2. The SMILES string of the molecule is C[C@H](NC(=O)c1cn(C)c2ccc(-c3ccn4nc(NC(=O)C5COC5)nc4c3)cc12)c1cccc(F)c1. The Balaban J connectivity index is 1.28. The molecule has 0 radical (unpaired) electrons. The summed E-state index contributed by atoms with van der Waals surface area (Å²) in [5, 5.41) is 10.8. The van der Waals surface area contributed by atoms with Crippen LogP contribution in [0.15, 0.2) is 67.0 Å². The number of rotatable bonds is 6. The molecule has 38 heavy (non-hydrogen) atoms. The van der Waals surface area contributed by atoms with Crippen molar-refractivity contribution in [2.24, 2.45) is 13.0 Å². The van der Waals surface area contributed by atoms with Crippen LogP contribution in [-0.4, -0.2) is 44.2 Å². The summed E-state index contributed by atoms with van der Waals surface area (Å²) in [6.45, 7) is 2.65. The molecule has 0 unspecified atom stereocenters. The van der Waals surface area contributed by atoms with E-state index in [1.54, 1.807) is 29.0 Å². The lowest BCUT2D eigenvalue weighted by molar-refractivity contribution is -0.133. The Labute approximate surface area is 217 Å². The average Bonchev–Trinajstić information content (AvgIpc) is 3.42. The molecule has 9 nitrogen and oxygen atoms in total. The predicted octanol–water partition coefficient (Wildman–Crippen LogP) is 4.10. The number of aromatic nitrogens is 4. The number of hydrogen-bond acceptors (Lipinski definition) is 5. The lowest BCUT2D eigenvalue weighted by Gasteiger charge is -2.23. The van der Waals surface area contributed by atoms with Gasteiger partial charge in [-0.3, -0.25) is 14.9 Å². The monoisotopic (exact) mass is 512 g/mol. The van der Waals surface area contributed by atoms with Crippen LogP contribution in [0, 0.1) is 11.7 Å². The van der Waals surface area contributed by atoms with E-state index in [1.807, 2.05) is 48.9 Å². The Morgan fingerprint density at radius 3 is 2.68 bits per heavy atom. The summed E-state index contributed by atoms with van der Waals surface area (Å²) in [5.74, 6) is -0.665. The Hall–Kier alpha value is -4.57. The quantitative estimate of drug-likeness (QED) is 0.357. The van der Waals surface area contributed by atoms with Gasteiger partial charge < -0.3 is 14.6 Å². The van der Waals surface area contributed by atoms with Crippen molar-refractivity contribution in [3.05, 3.63) is 83.9 Å². The summed E-state index contributed by atoms with van der Waals surface area (Å²) in [6, 6.07) is 15.6. The van der Waals surface area contributed by atoms with Crippen LogP contribution >= 0.6 is 0 Å². The van der Waals surface area contributed by atoms with Gasteiger partial charge in [0, 0.05) is 30.3 Å². The van der Waals surface area contributed by atoms with E-state index in [0.29, 0.717) is 30.0 Å². The molecular formula is C28H25FN6O3. The zero-order valence-corrected chi connectivity index (χ0v) is 20.8. The molecule has 0 bridgehead atoms. The molecule has 10 heteroatoms. The molecule has 5 aromatic rings. The van der Waals surface area contributed by atoms with E-state index in [4.69, 9.17) is 4.74 Å². The second-order valence-electron chi connectivity index (χ2n) is 9.51. The molecule has 0 saturated carbocycles. The fourth-order valence-corrected chi connectivity index (χ4v) is 4.60. The van der Waals surface area contributed by atoms with E-state index in [2.05, 4.69) is 20.7 Å². The maximum absolute atomic E-state index is 13.7. The number of pyridine rings is 1. The Morgan fingerprint density at radius 2 is 1.92 bits per heavy atom. The Bertz CT molecular complexity index is 1700. The minimum atomic E-state index is -0.363. The van der Waals surface area contributed by atoms with Gasteiger partial charge in [0.05, 0.1) is 30.7 Å². The van der Waals surface area contributed by atoms with E-state index >= 15 is 0 Å². The first kappa shape index (κ1) is 23.8. The highest BCUT2D eigenvalue weighted by Gasteiger charge is 2.27. The topological polar surface area (TPSA) is 103 Å². The van der Waals surface area contributed by atoms with Crippen molar-refractivity contribution >= 4 is 34.3 Å². The molecule has 2 amide bonds. The summed E-state index contributed by atoms with van der Waals surface area (Å²) in [7, 11) is 1.89. The Kier molecular flexibility index (Phi) is 5.88. The van der Waals surface area contributed by atoms with Crippen molar-refractivity contribution in [2.45, 2.75) is 13.0 Å². The third-order valence-corrected chi connectivity index (χ3v) is 6.85. The summed E-state index contributed by atoms with van der Waals surface area (Å²) in [5.41, 5.74) is 4.50. The molecule has 2 aromatic carbocycles. The van der Waals surface area contributed by atoms with Crippen molar-refractivity contribution < 1.29 is 18.7 Å². The number of ether oxygens (including phenoxy) is 1. The average molecular weight is 513 g/mol. The molecule has 6 rings (SSSR count). The molecule has 3 aromatic heterocycles. The zero-order chi connectivity index (χ0) is 26.4. The number of hydrogen-bond donors (Lipinski definition) is 2. The van der Waals surface area contributed by atoms with E-state index in [0.717, 1.165) is 22.0 Å². The van der Waals surface area contributed by atoms with E-state index in [9.17, 15) is 14.0 Å². The normalized spacial score (nSPS) is 14.4. The van der Waals surface area contributed by atoms with Gasteiger partial charge in [0.25, 0.3) is 5.91 Å². The third-order valence-electron chi connectivity index (χ3n) is 6.85. The van der Waals surface area contributed by atoms with Gasteiger partial charge in [-0.05, 0) is 60.0 Å².